The first kappa shape index (κ1) is 18.0. The van der Waals surface area contributed by atoms with Crippen molar-refractivity contribution in [2.75, 3.05) is 6.61 Å². The molecule has 1 saturated heterocycles. The van der Waals surface area contributed by atoms with Gasteiger partial charge in [0.25, 0.3) is 0 Å². The van der Waals surface area contributed by atoms with E-state index in [-0.39, 0.29) is 5.82 Å². The Balaban J connectivity index is 1.75. The maximum atomic E-state index is 13.7. The van der Waals surface area contributed by atoms with Crippen LogP contribution in [-0.2, 0) is 15.7 Å². The van der Waals surface area contributed by atoms with Crippen LogP contribution >= 0.6 is 0 Å². The Labute approximate surface area is 149 Å². The first-order chi connectivity index (χ1) is 11.8. The molecule has 1 heterocycles. The lowest BCUT2D eigenvalue weighted by atomic mass is 9.78. The molecule has 2 aromatic rings. The molecule has 25 heavy (non-hydrogen) atoms. The van der Waals surface area contributed by atoms with E-state index in [1.165, 1.54) is 17.7 Å². The Kier molecular flexibility index (Phi) is 4.89. The number of halogens is 1. The minimum absolute atomic E-state index is 0.338. The zero-order chi connectivity index (χ0) is 18.1. The minimum atomic E-state index is -0.572. The van der Waals surface area contributed by atoms with Crippen molar-refractivity contribution in [3.8, 4) is 5.75 Å². The van der Waals surface area contributed by atoms with E-state index in [9.17, 15) is 4.39 Å². The van der Waals surface area contributed by atoms with Crippen LogP contribution in [0.4, 0.5) is 4.39 Å². The summed E-state index contributed by atoms with van der Waals surface area (Å²) in [6, 6.07) is 14.5. The number of benzene rings is 2. The number of ether oxygens (including phenoxy) is 1. The molecule has 5 heteroatoms. The smallest absolute Gasteiger partial charge is 0.494 e. The van der Waals surface area contributed by atoms with Gasteiger partial charge in [-0.05, 0) is 39.3 Å². The Morgan fingerprint density at radius 3 is 2.24 bits per heavy atom. The van der Waals surface area contributed by atoms with E-state index in [0.29, 0.717) is 17.8 Å². The number of rotatable bonds is 5. The Morgan fingerprint density at radius 2 is 1.60 bits per heavy atom. The Bertz CT molecular complexity index is 715. The lowest BCUT2D eigenvalue weighted by molar-refractivity contribution is 0.00578. The summed E-state index contributed by atoms with van der Waals surface area (Å²) in [5.41, 5.74) is 0.991. The van der Waals surface area contributed by atoms with Gasteiger partial charge in [-0.1, -0.05) is 36.4 Å². The van der Waals surface area contributed by atoms with Crippen molar-refractivity contribution < 1.29 is 18.4 Å². The predicted molar refractivity (Wildman–Crippen MR) is 97.8 cm³/mol. The van der Waals surface area contributed by atoms with Crippen molar-refractivity contribution in [2.24, 2.45) is 0 Å². The standard InChI is InChI=1S/C20H24BFO3/c1-19(2)20(3,4)25-21(24-19)17-11-10-16(22)14-18(17)23-13-12-15-8-6-5-7-9-15/h5-11,14H,12-13H2,1-4H3. The fraction of sp³-hybridized carbons (Fsp3) is 0.400. The third-order valence-electron chi connectivity index (χ3n) is 4.97. The van der Waals surface area contributed by atoms with Crippen LogP contribution in [0.2, 0.25) is 0 Å². The second-order valence-corrected chi connectivity index (χ2v) is 7.35. The summed E-state index contributed by atoms with van der Waals surface area (Å²) in [5, 5.41) is 0. The molecular formula is C20H24BFO3. The van der Waals surface area contributed by atoms with Crippen molar-refractivity contribution in [1.82, 2.24) is 0 Å². The van der Waals surface area contributed by atoms with E-state index >= 15 is 0 Å². The summed E-state index contributed by atoms with van der Waals surface area (Å²) in [4.78, 5) is 0. The predicted octanol–water partition coefficient (Wildman–Crippen LogP) is 3.75. The second-order valence-electron chi connectivity index (χ2n) is 7.35. The van der Waals surface area contributed by atoms with Crippen molar-refractivity contribution in [2.45, 2.75) is 45.3 Å². The summed E-state index contributed by atoms with van der Waals surface area (Å²) in [6.45, 7) is 8.43. The maximum Gasteiger partial charge on any atom is 0.498 e. The van der Waals surface area contributed by atoms with Crippen LogP contribution in [0.5, 0.6) is 5.75 Å². The largest absolute Gasteiger partial charge is 0.498 e. The SMILES string of the molecule is CC1(C)OB(c2ccc(F)cc2OCCc2ccccc2)OC1(C)C. The summed E-state index contributed by atoms with van der Waals surface area (Å²) >= 11 is 0. The van der Waals surface area contributed by atoms with Gasteiger partial charge < -0.3 is 14.0 Å². The molecule has 132 valence electrons. The summed E-state index contributed by atoms with van der Waals surface area (Å²) in [5.74, 6) is 0.129. The Hall–Kier alpha value is -1.85. The van der Waals surface area contributed by atoms with E-state index in [0.717, 1.165) is 6.42 Å². The molecule has 0 saturated carbocycles. The molecule has 0 spiro atoms. The molecule has 3 rings (SSSR count). The van der Waals surface area contributed by atoms with Gasteiger partial charge in [-0.25, -0.2) is 4.39 Å². The van der Waals surface area contributed by atoms with E-state index in [4.69, 9.17) is 14.0 Å². The van der Waals surface area contributed by atoms with Gasteiger partial charge in [0.05, 0.1) is 17.8 Å². The zero-order valence-corrected chi connectivity index (χ0v) is 15.2. The first-order valence-electron chi connectivity index (χ1n) is 8.60. The van der Waals surface area contributed by atoms with E-state index in [2.05, 4.69) is 0 Å². The van der Waals surface area contributed by atoms with Crippen LogP contribution in [0, 0.1) is 5.82 Å². The van der Waals surface area contributed by atoms with E-state index in [1.54, 1.807) is 6.07 Å². The number of hydrogen-bond acceptors (Lipinski definition) is 3. The van der Waals surface area contributed by atoms with Crippen molar-refractivity contribution >= 4 is 12.6 Å². The molecule has 0 bridgehead atoms. The van der Waals surface area contributed by atoms with Crippen LogP contribution in [0.15, 0.2) is 48.5 Å². The average molecular weight is 342 g/mol. The van der Waals surface area contributed by atoms with Gasteiger partial charge in [-0.15, -0.1) is 0 Å². The highest BCUT2D eigenvalue weighted by Crippen LogP contribution is 2.37. The summed E-state index contributed by atoms with van der Waals surface area (Å²) < 4.78 is 31.7. The van der Waals surface area contributed by atoms with Crippen LogP contribution < -0.4 is 10.2 Å². The molecule has 0 atom stereocenters. The number of hydrogen-bond donors (Lipinski definition) is 0. The third-order valence-corrected chi connectivity index (χ3v) is 4.97. The van der Waals surface area contributed by atoms with Crippen molar-refractivity contribution in [3.05, 3.63) is 59.9 Å². The third kappa shape index (κ3) is 3.88. The van der Waals surface area contributed by atoms with Gasteiger partial charge in [0.2, 0.25) is 0 Å². The molecule has 0 aliphatic carbocycles. The fourth-order valence-corrected chi connectivity index (χ4v) is 2.72. The molecular weight excluding hydrogens is 318 g/mol. The molecule has 1 fully saturated rings. The van der Waals surface area contributed by atoms with Crippen LogP contribution in [0.1, 0.15) is 33.3 Å². The van der Waals surface area contributed by atoms with E-state index < -0.39 is 18.3 Å². The lowest BCUT2D eigenvalue weighted by Gasteiger charge is -2.32. The maximum absolute atomic E-state index is 13.7. The minimum Gasteiger partial charge on any atom is -0.494 e. The Morgan fingerprint density at radius 1 is 0.960 bits per heavy atom. The monoisotopic (exact) mass is 342 g/mol. The first-order valence-corrected chi connectivity index (χ1v) is 8.60. The van der Waals surface area contributed by atoms with Gasteiger partial charge in [0.15, 0.2) is 0 Å². The summed E-state index contributed by atoms with van der Waals surface area (Å²) in [6.07, 6.45) is 0.750. The molecule has 0 amide bonds. The molecule has 1 aliphatic rings. The normalized spacial score (nSPS) is 18.4. The van der Waals surface area contributed by atoms with E-state index in [1.807, 2.05) is 58.0 Å². The van der Waals surface area contributed by atoms with Crippen molar-refractivity contribution in [3.63, 3.8) is 0 Å². The van der Waals surface area contributed by atoms with Gasteiger partial charge in [0.1, 0.15) is 11.6 Å². The van der Waals surface area contributed by atoms with Gasteiger partial charge in [-0.3, -0.25) is 0 Å². The molecule has 1 aliphatic heterocycles. The highest BCUT2D eigenvalue weighted by atomic mass is 19.1. The highest BCUT2D eigenvalue weighted by molar-refractivity contribution is 6.63. The molecule has 0 unspecified atom stereocenters. The second kappa shape index (κ2) is 6.81. The molecule has 3 nitrogen and oxygen atoms in total. The highest BCUT2D eigenvalue weighted by Gasteiger charge is 2.52. The van der Waals surface area contributed by atoms with Crippen LogP contribution in [-0.4, -0.2) is 24.9 Å². The molecule has 2 aromatic carbocycles. The topological polar surface area (TPSA) is 27.7 Å². The van der Waals surface area contributed by atoms with Gasteiger partial charge in [-0.2, -0.15) is 0 Å². The summed E-state index contributed by atoms with van der Waals surface area (Å²) in [7, 11) is -0.572. The van der Waals surface area contributed by atoms with Crippen LogP contribution in [0.25, 0.3) is 0 Å². The van der Waals surface area contributed by atoms with Crippen molar-refractivity contribution in [1.29, 1.82) is 0 Å². The average Bonchev–Trinajstić information content (AvgIpc) is 2.76. The lowest BCUT2D eigenvalue weighted by Crippen LogP contribution is -2.41. The molecule has 0 N–H and O–H groups in total. The molecule has 0 aromatic heterocycles. The zero-order valence-electron chi connectivity index (χ0n) is 15.2. The van der Waals surface area contributed by atoms with Gasteiger partial charge >= 0.3 is 7.12 Å². The van der Waals surface area contributed by atoms with Gasteiger partial charge in [0, 0.05) is 17.9 Å². The molecule has 0 radical (unpaired) electrons. The fourth-order valence-electron chi connectivity index (χ4n) is 2.72. The quantitative estimate of drug-likeness (QED) is 0.775. The van der Waals surface area contributed by atoms with Crippen LogP contribution in [0.3, 0.4) is 0 Å².